The van der Waals surface area contributed by atoms with Gasteiger partial charge in [-0.1, -0.05) is 77.6 Å². The minimum absolute atomic E-state index is 0.112. The summed E-state index contributed by atoms with van der Waals surface area (Å²) in [5.41, 5.74) is 1.65. The van der Waals surface area contributed by atoms with Gasteiger partial charge in [-0.3, -0.25) is 10.0 Å². The van der Waals surface area contributed by atoms with E-state index in [0.717, 1.165) is 44.9 Å². The smallest absolute Gasteiger partial charge is 0.243 e. The molecule has 3 N–H and O–H groups in total. The van der Waals surface area contributed by atoms with Crippen molar-refractivity contribution in [3.8, 4) is 0 Å². The van der Waals surface area contributed by atoms with Crippen molar-refractivity contribution in [2.75, 3.05) is 0 Å². The predicted octanol–water partition coefficient (Wildman–Crippen LogP) is 4.72. The highest BCUT2D eigenvalue weighted by Crippen LogP contribution is 2.14. The second-order valence-electron chi connectivity index (χ2n) is 6.41. The van der Waals surface area contributed by atoms with E-state index in [1.807, 2.05) is 0 Å². The van der Waals surface area contributed by atoms with Crippen LogP contribution in [0.5, 0.6) is 0 Å². The van der Waals surface area contributed by atoms with Crippen LogP contribution in [-0.4, -0.2) is 22.3 Å². The lowest BCUT2D eigenvalue weighted by atomic mass is 10.0. The molecule has 1 atom stereocenters. The highest BCUT2D eigenvalue weighted by atomic mass is 16.5. The molecule has 0 spiro atoms. The van der Waals surface area contributed by atoms with E-state index in [2.05, 4.69) is 6.92 Å². The first-order valence-electron chi connectivity index (χ1n) is 9.31. The molecular formula is C18H37NO3. The quantitative estimate of drug-likeness (QED) is 0.219. The molecule has 0 rings (SSSR count). The summed E-state index contributed by atoms with van der Waals surface area (Å²) >= 11 is 0. The average molecular weight is 315 g/mol. The van der Waals surface area contributed by atoms with Crippen LogP contribution >= 0.6 is 0 Å². The molecule has 4 heteroatoms. The topological polar surface area (TPSA) is 69.6 Å². The van der Waals surface area contributed by atoms with E-state index in [1.165, 1.54) is 44.9 Å². The fourth-order valence-corrected chi connectivity index (χ4v) is 2.73. The number of hydrogen-bond donors (Lipinski definition) is 3. The lowest BCUT2D eigenvalue weighted by Gasteiger charge is -2.10. The van der Waals surface area contributed by atoms with Crippen LogP contribution in [0.3, 0.4) is 0 Å². The van der Waals surface area contributed by atoms with Gasteiger partial charge in [0.25, 0.3) is 0 Å². The molecule has 0 fully saturated rings. The zero-order valence-electron chi connectivity index (χ0n) is 14.5. The number of rotatable bonds is 16. The van der Waals surface area contributed by atoms with Crippen molar-refractivity contribution >= 4 is 5.91 Å². The molecule has 22 heavy (non-hydrogen) atoms. The Morgan fingerprint density at radius 1 is 0.818 bits per heavy atom. The third-order valence-corrected chi connectivity index (χ3v) is 4.21. The molecule has 0 aliphatic carbocycles. The van der Waals surface area contributed by atoms with Gasteiger partial charge in [-0.15, -0.1) is 0 Å². The van der Waals surface area contributed by atoms with Crippen molar-refractivity contribution in [2.24, 2.45) is 0 Å². The molecule has 1 unspecified atom stereocenters. The fraction of sp³-hybridized carbons (Fsp3) is 0.944. The maximum Gasteiger partial charge on any atom is 0.243 e. The van der Waals surface area contributed by atoms with Gasteiger partial charge in [0, 0.05) is 6.42 Å². The number of aliphatic hydroxyl groups is 1. The van der Waals surface area contributed by atoms with Crippen molar-refractivity contribution < 1.29 is 15.1 Å². The Morgan fingerprint density at radius 2 is 1.27 bits per heavy atom. The van der Waals surface area contributed by atoms with Gasteiger partial charge >= 0.3 is 0 Å². The van der Waals surface area contributed by atoms with Crippen molar-refractivity contribution in [3.63, 3.8) is 0 Å². The SMILES string of the molecule is CCCCCCCCC(O)CCCCCCCCC(=O)NO. The Balaban J connectivity index is 3.18. The average Bonchev–Trinajstić information content (AvgIpc) is 2.52. The molecule has 0 saturated heterocycles. The molecule has 0 saturated carbocycles. The van der Waals surface area contributed by atoms with Crippen molar-refractivity contribution in [2.45, 2.75) is 109 Å². The summed E-state index contributed by atoms with van der Waals surface area (Å²) in [5, 5.41) is 18.3. The maximum atomic E-state index is 10.8. The summed E-state index contributed by atoms with van der Waals surface area (Å²) in [5.74, 6) is -0.294. The normalized spacial score (nSPS) is 12.3. The first-order chi connectivity index (χ1) is 10.7. The second kappa shape index (κ2) is 16.8. The van der Waals surface area contributed by atoms with E-state index < -0.39 is 0 Å². The van der Waals surface area contributed by atoms with Crippen LogP contribution < -0.4 is 5.48 Å². The van der Waals surface area contributed by atoms with E-state index in [0.29, 0.717) is 6.42 Å². The zero-order valence-corrected chi connectivity index (χ0v) is 14.5. The number of carbonyl (C=O) groups excluding carboxylic acids is 1. The summed E-state index contributed by atoms with van der Waals surface area (Å²) in [6.07, 6.45) is 16.4. The van der Waals surface area contributed by atoms with Gasteiger partial charge in [-0.2, -0.15) is 0 Å². The molecule has 0 aromatic heterocycles. The zero-order chi connectivity index (χ0) is 16.5. The Kier molecular flexibility index (Phi) is 16.3. The molecule has 0 aliphatic heterocycles. The molecule has 4 nitrogen and oxygen atoms in total. The minimum Gasteiger partial charge on any atom is -0.393 e. The Labute approximate surface area is 136 Å². The fourth-order valence-electron chi connectivity index (χ4n) is 2.73. The van der Waals surface area contributed by atoms with Gasteiger partial charge in [-0.05, 0) is 19.3 Å². The molecule has 0 radical (unpaired) electrons. The van der Waals surface area contributed by atoms with E-state index in [9.17, 15) is 9.90 Å². The highest BCUT2D eigenvalue weighted by Gasteiger charge is 2.04. The number of hydroxylamine groups is 1. The summed E-state index contributed by atoms with van der Waals surface area (Å²) in [7, 11) is 0. The van der Waals surface area contributed by atoms with Crippen LogP contribution in [0.25, 0.3) is 0 Å². The van der Waals surface area contributed by atoms with Crippen molar-refractivity contribution in [3.05, 3.63) is 0 Å². The number of amides is 1. The molecular weight excluding hydrogens is 278 g/mol. The lowest BCUT2D eigenvalue weighted by Crippen LogP contribution is -2.17. The molecule has 0 aliphatic rings. The number of carbonyl (C=O) groups is 1. The van der Waals surface area contributed by atoms with Crippen LogP contribution in [0, 0.1) is 0 Å². The molecule has 0 aromatic carbocycles. The molecule has 1 amide bonds. The third kappa shape index (κ3) is 15.8. The van der Waals surface area contributed by atoms with Gasteiger partial charge < -0.3 is 5.11 Å². The standard InChI is InChI=1S/C18H37NO3/c1-2-3-4-5-8-11-14-17(20)15-12-9-6-7-10-13-16-18(21)19-22/h17,20,22H,2-16H2,1H3,(H,19,21). The first-order valence-corrected chi connectivity index (χ1v) is 9.31. The molecule has 0 heterocycles. The minimum atomic E-state index is -0.294. The van der Waals surface area contributed by atoms with Crippen LogP contribution in [0.15, 0.2) is 0 Å². The first kappa shape index (κ1) is 21.4. The van der Waals surface area contributed by atoms with Gasteiger partial charge in [0.05, 0.1) is 6.10 Å². The summed E-state index contributed by atoms with van der Waals surface area (Å²) in [6.45, 7) is 2.23. The highest BCUT2D eigenvalue weighted by molar-refractivity contribution is 5.74. The van der Waals surface area contributed by atoms with Crippen molar-refractivity contribution in [1.82, 2.24) is 5.48 Å². The van der Waals surface area contributed by atoms with Gasteiger partial charge in [0.2, 0.25) is 5.91 Å². The van der Waals surface area contributed by atoms with E-state index >= 15 is 0 Å². The maximum absolute atomic E-state index is 10.8. The molecule has 0 aromatic rings. The molecule has 132 valence electrons. The second-order valence-corrected chi connectivity index (χ2v) is 6.41. The van der Waals surface area contributed by atoms with Gasteiger partial charge in [0.15, 0.2) is 0 Å². The van der Waals surface area contributed by atoms with E-state index in [-0.39, 0.29) is 12.0 Å². The Morgan fingerprint density at radius 3 is 1.77 bits per heavy atom. The predicted molar refractivity (Wildman–Crippen MR) is 90.9 cm³/mol. The number of nitrogens with one attached hydrogen (secondary N) is 1. The largest absolute Gasteiger partial charge is 0.393 e. The number of aliphatic hydroxyl groups excluding tert-OH is 1. The van der Waals surface area contributed by atoms with E-state index in [1.54, 1.807) is 5.48 Å². The number of unbranched alkanes of at least 4 members (excludes halogenated alkanes) is 10. The number of hydrogen-bond acceptors (Lipinski definition) is 3. The lowest BCUT2D eigenvalue weighted by molar-refractivity contribution is -0.129. The summed E-state index contributed by atoms with van der Waals surface area (Å²) < 4.78 is 0. The Hall–Kier alpha value is -0.610. The van der Waals surface area contributed by atoms with Crippen LogP contribution in [0.1, 0.15) is 103 Å². The van der Waals surface area contributed by atoms with Gasteiger partial charge in [-0.25, -0.2) is 5.48 Å². The van der Waals surface area contributed by atoms with Crippen molar-refractivity contribution in [1.29, 1.82) is 0 Å². The summed E-state index contributed by atoms with van der Waals surface area (Å²) in [4.78, 5) is 10.8. The third-order valence-electron chi connectivity index (χ3n) is 4.21. The van der Waals surface area contributed by atoms with Crippen LogP contribution in [-0.2, 0) is 4.79 Å². The van der Waals surface area contributed by atoms with Gasteiger partial charge in [0.1, 0.15) is 0 Å². The summed E-state index contributed by atoms with van der Waals surface area (Å²) in [6, 6.07) is 0. The monoisotopic (exact) mass is 315 g/mol. The van der Waals surface area contributed by atoms with E-state index in [4.69, 9.17) is 5.21 Å². The van der Waals surface area contributed by atoms with Crippen LogP contribution in [0.4, 0.5) is 0 Å². The Bertz CT molecular complexity index is 246. The van der Waals surface area contributed by atoms with Crippen LogP contribution in [0.2, 0.25) is 0 Å². The molecule has 0 bridgehead atoms.